The summed E-state index contributed by atoms with van der Waals surface area (Å²) in [7, 11) is 0. The van der Waals surface area contributed by atoms with E-state index in [1.54, 1.807) is 0 Å². The summed E-state index contributed by atoms with van der Waals surface area (Å²) in [6.45, 7) is 0.238. The molecular formula is C18H13F3N2O3. The van der Waals surface area contributed by atoms with Gasteiger partial charge in [0.15, 0.2) is 0 Å². The topological polar surface area (TPSA) is 64.4 Å². The van der Waals surface area contributed by atoms with Gasteiger partial charge in [0.1, 0.15) is 6.61 Å². The monoisotopic (exact) mass is 362 g/mol. The molecule has 1 aromatic heterocycles. The molecule has 0 atom stereocenters. The molecular weight excluding hydrogens is 349 g/mol. The molecule has 0 aliphatic heterocycles. The van der Waals surface area contributed by atoms with Crippen LogP contribution in [0.4, 0.5) is 18.9 Å². The Kier molecular flexibility index (Phi) is 4.92. The normalized spacial score (nSPS) is 11.2. The second-order valence-electron chi connectivity index (χ2n) is 5.34. The maximum absolute atomic E-state index is 12.7. The number of halogens is 3. The predicted octanol–water partition coefficient (Wildman–Crippen LogP) is 4.52. The number of ether oxygens (including phenoxy) is 1. The summed E-state index contributed by atoms with van der Waals surface area (Å²) in [5.74, 6) is -0.806. The maximum atomic E-state index is 12.7. The van der Waals surface area contributed by atoms with Gasteiger partial charge in [-0.15, -0.1) is 0 Å². The van der Waals surface area contributed by atoms with Crippen LogP contribution in [0.2, 0.25) is 0 Å². The van der Waals surface area contributed by atoms with Crippen molar-refractivity contribution in [1.82, 2.24) is 5.16 Å². The number of aromatic nitrogens is 1. The van der Waals surface area contributed by atoms with Gasteiger partial charge in [0, 0.05) is 5.69 Å². The zero-order valence-electron chi connectivity index (χ0n) is 13.3. The lowest BCUT2D eigenvalue weighted by atomic mass is 10.2. The molecule has 0 radical (unpaired) electrons. The molecule has 1 N–H and O–H groups in total. The van der Waals surface area contributed by atoms with Crippen LogP contribution in [0.5, 0.6) is 5.88 Å². The van der Waals surface area contributed by atoms with Crippen molar-refractivity contribution < 1.29 is 27.2 Å². The summed E-state index contributed by atoms with van der Waals surface area (Å²) < 4.78 is 48.4. The molecule has 2 aromatic carbocycles. The Bertz CT molecular complexity index is 892. The van der Waals surface area contributed by atoms with Gasteiger partial charge in [-0.05, 0) is 28.9 Å². The van der Waals surface area contributed by atoms with E-state index in [-0.39, 0.29) is 23.9 Å². The van der Waals surface area contributed by atoms with E-state index in [1.807, 2.05) is 30.3 Å². The predicted molar refractivity (Wildman–Crippen MR) is 86.7 cm³/mol. The molecule has 3 rings (SSSR count). The van der Waals surface area contributed by atoms with Gasteiger partial charge in [0.2, 0.25) is 5.76 Å². The number of benzene rings is 2. The van der Waals surface area contributed by atoms with E-state index in [2.05, 4.69) is 10.5 Å². The van der Waals surface area contributed by atoms with Crippen LogP contribution >= 0.6 is 0 Å². The number of alkyl halides is 3. The highest BCUT2D eigenvalue weighted by molar-refractivity contribution is 6.02. The first kappa shape index (κ1) is 17.5. The highest BCUT2D eigenvalue weighted by Gasteiger charge is 2.30. The van der Waals surface area contributed by atoms with Crippen LogP contribution in [0.3, 0.4) is 0 Å². The van der Waals surface area contributed by atoms with Gasteiger partial charge in [-0.1, -0.05) is 36.4 Å². The summed E-state index contributed by atoms with van der Waals surface area (Å²) >= 11 is 0. The Hall–Kier alpha value is -3.29. The Morgan fingerprint density at radius 1 is 1.08 bits per heavy atom. The largest absolute Gasteiger partial charge is 0.471 e. The Labute approximate surface area is 146 Å². The van der Waals surface area contributed by atoms with Gasteiger partial charge < -0.3 is 14.6 Å². The average Bonchev–Trinajstić information content (AvgIpc) is 3.10. The second-order valence-corrected chi connectivity index (χ2v) is 5.34. The molecule has 3 aromatic rings. The highest BCUT2D eigenvalue weighted by atomic mass is 19.4. The summed E-state index contributed by atoms with van der Waals surface area (Å²) in [6.07, 6.45) is -4.49. The summed E-state index contributed by atoms with van der Waals surface area (Å²) in [5, 5.41) is 5.94. The second kappa shape index (κ2) is 7.30. The number of rotatable bonds is 5. The molecule has 0 fully saturated rings. The van der Waals surface area contributed by atoms with Crippen molar-refractivity contribution in [2.75, 3.05) is 5.32 Å². The minimum Gasteiger partial charge on any atom is -0.471 e. The van der Waals surface area contributed by atoms with E-state index in [0.29, 0.717) is 0 Å². The fourth-order valence-corrected chi connectivity index (χ4v) is 2.13. The first-order valence-corrected chi connectivity index (χ1v) is 7.54. The first-order chi connectivity index (χ1) is 12.4. The molecule has 0 aliphatic rings. The van der Waals surface area contributed by atoms with E-state index in [4.69, 9.17) is 9.26 Å². The number of carbonyl (C=O) groups excluding carboxylic acids is 1. The number of amides is 1. The molecule has 8 heteroatoms. The van der Waals surface area contributed by atoms with Crippen molar-refractivity contribution in [2.24, 2.45) is 0 Å². The Balaban J connectivity index is 1.63. The quantitative estimate of drug-likeness (QED) is 0.725. The van der Waals surface area contributed by atoms with Crippen LogP contribution in [0, 0.1) is 0 Å². The van der Waals surface area contributed by atoms with Gasteiger partial charge in [-0.2, -0.15) is 13.2 Å². The van der Waals surface area contributed by atoms with Crippen molar-refractivity contribution >= 4 is 11.6 Å². The number of hydrogen-bond acceptors (Lipinski definition) is 4. The van der Waals surface area contributed by atoms with Crippen LogP contribution in [-0.2, 0) is 12.8 Å². The minimum absolute atomic E-state index is 0.00650. The fraction of sp³-hybridized carbons (Fsp3) is 0.111. The van der Waals surface area contributed by atoms with E-state index in [0.717, 1.165) is 17.7 Å². The average molecular weight is 362 g/mol. The highest BCUT2D eigenvalue weighted by Crippen LogP contribution is 2.30. The van der Waals surface area contributed by atoms with Crippen LogP contribution in [0.25, 0.3) is 0 Å². The molecule has 1 amide bonds. The Morgan fingerprint density at radius 3 is 2.58 bits per heavy atom. The lowest BCUT2D eigenvalue weighted by Gasteiger charge is -2.08. The molecule has 0 aliphatic carbocycles. The van der Waals surface area contributed by atoms with Gasteiger partial charge in [0.05, 0.1) is 11.6 Å². The molecule has 5 nitrogen and oxygen atoms in total. The van der Waals surface area contributed by atoms with Gasteiger partial charge in [-0.3, -0.25) is 4.79 Å². The molecule has 1 heterocycles. The summed E-state index contributed by atoms with van der Waals surface area (Å²) in [5.41, 5.74) is 0.0400. The third-order valence-electron chi connectivity index (χ3n) is 3.39. The van der Waals surface area contributed by atoms with E-state index < -0.39 is 17.6 Å². The van der Waals surface area contributed by atoms with Gasteiger partial charge in [-0.25, -0.2) is 0 Å². The molecule has 26 heavy (non-hydrogen) atoms. The summed E-state index contributed by atoms with van der Waals surface area (Å²) in [6, 6.07) is 14.9. The molecule has 134 valence electrons. The van der Waals surface area contributed by atoms with E-state index in [9.17, 15) is 18.0 Å². The first-order valence-electron chi connectivity index (χ1n) is 7.54. The van der Waals surface area contributed by atoms with Crippen molar-refractivity contribution in [1.29, 1.82) is 0 Å². The van der Waals surface area contributed by atoms with Crippen LogP contribution in [0.15, 0.2) is 65.2 Å². The molecule has 0 unspecified atom stereocenters. The van der Waals surface area contributed by atoms with Crippen molar-refractivity contribution in [3.63, 3.8) is 0 Å². The van der Waals surface area contributed by atoms with Crippen molar-refractivity contribution in [3.8, 4) is 5.88 Å². The minimum atomic E-state index is -4.49. The number of nitrogens with one attached hydrogen (secondary N) is 1. The van der Waals surface area contributed by atoms with E-state index in [1.165, 1.54) is 18.2 Å². The van der Waals surface area contributed by atoms with Crippen LogP contribution < -0.4 is 10.1 Å². The van der Waals surface area contributed by atoms with Crippen LogP contribution in [0.1, 0.15) is 21.7 Å². The zero-order valence-corrected chi connectivity index (χ0v) is 13.3. The lowest BCUT2D eigenvalue weighted by molar-refractivity contribution is -0.137. The number of hydrogen-bond donors (Lipinski definition) is 1. The number of carbonyl (C=O) groups is 1. The van der Waals surface area contributed by atoms with Crippen molar-refractivity contribution in [2.45, 2.75) is 12.8 Å². The third-order valence-corrected chi connectivity index (χ3v) is 3.39. The lowest BCUT2D eigenvalue weighted by Crippen LogP contribution is -2.12. The molecule has 0 saturated carbocycles. The fourth-order valence-electron chi connectivity index (χ4n) is 2.13. The zero-order chi connectivity index (χ0) is 18.6. The van der Waals surface area contributed by atoms with Gasteiger partial charge in [0.25, 0.3) is 11.8 Å². The molecule has 0 bridgehead atoms. The third kappa shape index (κ3) is 4.41. The maximum Gasteiger partial charge on any atom is 0.416 e. The van der Waals surface area contributed by atoms with E-state index >= 15 is 0 Å². The van der Waals surface area contributed by atoms with Crippen molar-refractivity contribution in [3.05, 3.63) is 77.6 Å². The van der Waals surface area contributed by atoms with Crippen LogP contribution in [-0.4, -0.2) is 11.1 Å². The number of anilines is 1. The smallest absolute Gasteiger partial charge is 0.416 e. The molecule has 0 saturated heterocycles. The van der Waals surface area contributed by atoms with Gasteiger partial charge >= 0.3 is 6.18 Å². The number of nitrogens with zero attached hydrogens (tertiary/aromatic N) is 1. The SMILES string of the molecule is O=C(Nc1cccc(C(F)(F)F)c1)c1cc(OCc2ccccc2)no1. The Morgan fingerprint density at radius 2 is 1.85 bits per heavy atom. The summed E-state index contributed by atoms with van der Waals surface area (Å²) in [4.78, 5) is 12.1. The standard InChI is InChI=1S/C18H13F3N2O3/c19-18(20,21)13-7-4-8-14(9-13)22-17(24)15-10-16(23-26-15)25-11-12-5-2-1-3-6-12/h1-10H,11H2,(H,22,24). The molecule has 0 spiro atoms.